The average Bonchev–Trinajstić information content (AvgIpc) is 1.71. The summed E-state index contributed by atoms with van der Waals surface area (Å²) >= 11 is 8.55. The number of H-pyrrole nitrogens is 3. The number of benzene rings is 2. The van der Waals surface area contributed by atoms with Gasteiger partial charge in [-0.25, -0.2) is 9.78 Å². The molecular formula is C89H132N24O24S2. The van der Waals surface area contributed by atoms with Crippen molar-refractivity contribution in [3.63, 3.8) is 0 Å². The van der Waals surface area contributed by atoms with E-state index in [1.165, 1.54) is 46.4 Å². The number of amides is 18. The zero-order valence-electron chi connectivity index (χ0n) is 78.9. The number of carboxylic acid groups (broad SMARTS) is 3. The van der Waals surface area contributed by atoms with E-state index in [2.05, 4.69) is 125 Å². The number of primary amides is 3. The number of aromatic amines is 3. The van der Waals surface area contributed by atoms with E-state index in [9.17, 15) is 106 Å². The predicted molar refractivity (Wildman–Crippen MR) is 510 cm³/mol. The van der Waals surface area contributed by atoms with Crippen LogP contribution in [0.15, 0.2) is 73.4 Å². The smallest absolute Gasteiger partial charge is 0.326 e. The number of imidazole rings is 1. The maximum absolute atomic E-state index is 15.2. The van der Waals surface area contributed by atoms with Crippen LogP contribution in [0.1, 0.15) is 163 Å². The number of rotatable bonds is 62. The molecule has 0 spiro atoms. The van der Waals surface area contributed by atoms with Gasteiger partial charge in [0, 0.05) is 89.7 Å². The molecule has 139 heavy (non-hydrogen) atoms. The number of nitrogens with one attached hydrogen (secondary N) is 18. The molecule has 31 N–H and O–H groups in total. The molecule has 0 radical (unpaired) electrons. The number of para-hydroxylation sites is 2. The zero-order chi connectivity index (χ0) is 104. The Kier molecular flexibility index (Phi) is 47.3. The van der Waals surface area contributed by atoms with Gasteiger partial charge in [0.25, 0.3) is 0 Å². The zero-order valence-corrected chi connectivity index (χ0v) is 80.7. The van der Waals surface area contributed by atoms with Crippen molar-refractivity contribution in [1.29, 1.82) is 0 Å². The molecular weight excluding hydrogens is 1850 g/mol. The highest BCUT2D eigenvalue weighted by molar-refractivity contribution is 7.80. The maximum Gasteiger partial charge on any atom is 0.326 e. The third-order valence-corrected chi connectivity index (χ3v) is 23.3. The average molecular weight is 1990 g/mol. The van der Waals surface area contributed by atoms with Crippen LogP contribution in [0.3, 0.4) is 0 Å². The minimum atomic E-state index is -2.01. The molecule has 5 aromatic rings. The predicted octanol–water partition coefficient (Wildman–Crippen LogP) is -4.51. The molecule has 0 fully saturated rings. The number of fused-ring (bicyclic) bond motifs is 2. The van der Waals surface area contributed by atoms with Gasteiger partial charge in [-0.1, -0.05) is 112 Å². The van der Waals surface area contributed by atoms with E-state index in [0.29, 0.717) is 32.9 Å². The van der Waals surface area contributed by atoms with E-state index in [-0.39, 0.29) is 56.7 Å². The van der Waals surface area contributed by atoms with Crippen LogP contribution in [-0.4, -0.2) is 274 Å². The van der Waals surface area contributed by atoms with E-state index < -0.39 is 314 Å². The van der Waals surface area contributed by atoms with Crippen molar-refractivity contribution < 1.29 is 116 Å². The molecule has 17 atom stereocenters. The van der Waals surface area contributed by atoms with Gasteiger partial charge in [-0.05, 0) is 97.9 Å². The molecule has 0 bridgehead atoms. The van der Waals surface area contributed by atoms with E-state index in [0.717, 1.165) is 0 Å². The lowest BCUT2D eigenvalue weighted by Crippen LogP contribution is -2.62. The molecule has 0 aliphatic carbocycles. The molecule has 50 heteroatoms. The Balaban J connectivity index is 1.39. The van der Waals surface area contributed by atoms with Crippen LogP contribution in [-0.2, 0) is 120 Å². The Morgan fingerprint density at radius 3 is 1.12 bits per heavy atom. The summed E-state index contributed by atoms with van der Waals surface area (Å²) in [5.41, 5.74) is 30.9. The van der Waals surface area contributed by atoms with E-state index in [4.69, 9.17) is 28.7 Å². The number of unbranched alkanes of at least 4 members (excludes halogenated alkanes) is 1. The first-order valence-electron chi connectivity index (χ1n) is 45.3. The van der Waals surface area contributed by atoms with Gasteiger partial charge < -0.3 is 139 Å². The number of carbonyl (C=O) groups is 21. The summed E-state index contributed by atoms with van der Waals surface area (Å²) in [6.07, 6.45) is -0.275. The first-order chi connectivity index (χ1) is 65.5. The molecule has 5 rings (SSSR count). The van der Waals surface area contributed by atoms with E-state index in [1.807, 2.05) is 0 Å². The molecule has 2 aromatic carbocycles. The standard InChI is InChI=1S/C89H132N24O24S2/c1-11-45(10)73(113-77(124)56(24-26-68(117)118)100-83(130)64(39-139)109-87(134)71(43(6)7)110-81(128)58(102-74(121)51(91)32-69(119)120)30-47-36-97-53-21-15-13-19-50(47)53)88(135)112-72(44(8)9)85(132)101-54(22-16-17-27-90)75(122)105-60(33-66(93)115)80(127)99-55(23-25-65(92)114)76(123)103-57(29-46-35-96-52-20-14-12-18-49(46)52)78(125)104-59(31-48-37-95-40-98-48)79(126)108-63(38-138)84(131)106-61(34-67(94)116)82(129)111-70(42(4)5)86(133)107-62(89(136)137)28-41(2)3/h12-15,18-21,35-37,40-45,51,54-64,70-73,96-97,138-139H,11,16-17,22-34,38-39,90-91H2,1-10H3,(H2,92,114)(H2,93,115)(H2,94,116)(H,95,98)(H,99,127)(H,100,130)(H,101,132)(H,102,121)(H,103,123)(H,104,125)(H,105,122)(H,106,131)(H,107,133)(H,108,126)(H,109,134)(H,110,128)(H,111,129)(H,112,135)(H,113,124)(H,117,118)(H,119,120)(H,136,137)/t45-,51-,54-,55-,56-,57-,58-,59-,60-,61-,62-,63-,64-,70-,71-,72-,73-/m0/s1. The first-order valence-corrected chi connectivity index (χ1v) is 46.6. The van der Waals surface area contributed by atoms with Crippen LogP contribution in [0.2, 0.25) is 0 Å². The number of nitrogens with two attached hydrogens (primary N) is 5. The molecule has 764 valence electrons. The van der Waals surface area contributed by atoms with Crippen LogP contribution >= 0.6 is 25.3 Å². The number of nitrogens with zero attached hydrogens (tertiary/aromatic N) is 1. The fourth-order valence-corrected chi connectivity index (χ4v) is 15.1. The van der Waals surface area contributed by atoms with Crippen LogP contribution < -0.4 is 108 Å². The van der Waals surface area contributed by atoms with Crippen molar-refractivity contribution >= 4 is 171 Å². The summed E-state index contributed by atoms with van der Waals surface area (Å²) in [5, 5.41) is 67.6. The summed E-state index contributed by atoms with van der Waals surface area (Å²) < 4.78 is 0. The van der Waals surface area contributed by atoms with Crippen molar-refractivity contribution in [2.75, 3.05) is 18.1 Å². The fourth-order valence-electron chi connectivity index (χ4n) is 14.6. The van der Waals surface area contributed by atoms with Crippen LogP contribution in [0.4, 0.5) is 0 Å². The maximum atomic E-state index is 15.2. The highest BCUT2D eigenvalue weighted by atomic mass is 32.1. The van der Waals surface area contributed by atoms with Crippen LogP contribution in [0, 0.1) is 29.6 Å². The summed E-state index contributed by atoms with van der Waals surface area (Å²) in [4.78, 5) is 303. The quantitative estimate of drug-likeness (QED) is 0.0129. The number of carboxylic acids is 3. The third kappa shape index (κ3) is 37.6. The largest absolute Gasteiger partial charge is 0.481 e. The van der Waals surface area contributed by atoms with Crippen LogP contribution in [0.5, 0.6) is 0 Å². The second-order valence-electron chi connectivity index (χ2n) is 35.2. The molecule has 0 saturated carbocycles. The lowest BCUT2D eigenvalue weighted by molar-refractivity contribution is -0.143. The highest BCUT2D eigenvalue weighted by Crippen LogP contribution is 2.24. The molecule has 18 amide bonds. The molecule has 0 aliphatic rings. The van der Waals surface area contributed by atoms with Crippen molar-refractivity contribution in [2.45, 2.75) is 262 Å². The van der Waals surface area contributed by atoms with Crippen LogP contribution in [0.25, 0.3) is 21.8 Å². The summed E-state index contributed by atoms with van der Waals surface area (Å²) in [7, 11) is 0. The van der Waals surface area contributed by atoms with Crippen molar-refractivity contribution in [2.24, 2.45) is 58.3 Å². The fraction of sp³-hybridized carbons (Fsp3) is 0.551. The van der Waals surface area contributed by atoms with E-state index >= 15 is 9.59 Å². The van der Waals surface area contributed by atoms with Gasteiger partial charge in [0.2, 0.25) is 106 Å². The Morgan fingerprint density at radius 2 is 0.719 bits per heavy atom. The third-order valence-electron chi connectivity index (χ3n) is 22.5. The molecule has 48 nitrogen and oxygen atoms in total. The van der Waals surface area contributed by atoms with E-state index in [1.54, 1.807) is 96.3 Å². The minimum absolute atomic E-state index is 0.0281. The second-order valence-corrected chi connectivity index (χ2v) is 36.0. The highest BCUT2D eigenvalue weighted by Gasteiger charge is 2.42. The Labute approximate surface area is 811 Å². The molecule has 3 aromatic heterocycles. The number of carbonyl (C=O) groups excluding carboxylic acids is 18. The van der Waals surface area contributed by atoms with Gasteiger partial charge in [-0.2, -0.15) is 25.3 Å². The van der Waals surface area contributed by atoms with Crippen molar-refractivity contribution in [3.8, 4) is 0 Å². The summed E-state index contributed by atoms with van der Waals surface area (Å²) in [6, 6.07) is -12.5. The first kappa shape index (κ1) is 116. The molecule has 0 saturated heterocycles. The molecule has 3 heterocycles. The van der Waals surface area contributed by atoms with Crippen molar-refractivity contribution in [1.82, 2.24) is 99.7 Å². The summed E-state index contributed by atoms with van der Waals surface area (Å²) in [6.45, 7) is 15.9. The van der Waals surface area contributed by atoms with Gasteiger partial charge in [0.15, 0.2) is 0 Å². The normalized spacial score (nSPS) is 15.0. The molecule has 0 unspecified atom stereocenters. The number of hydrogen-bond donors (Lipinski definition) is 28. The van der Waals surface area contributed by atoms with Gasteiger partial charge in [0.05, 0.1) is 31.6 Å². The lowest BCUT2D eigenvalue weighted by Gasteiger charge is -2.31. The number of hydrogen-bond acceptors (Lipinski definition) is 26. The SMILES string of the molecule is CC[C@H](C)[C@H](NC(=O)[C@H](CCC(=O)O)NC(=O)[C@H](CS)NC(=O)[C@@H](NC(=O)[C@H](Cc1c[nH]c2ccccc12)NC(=O)[C@@H](N)CC(=O)O)C(C)C)C(=O)N[C@H](C(=O)N[C@@H](CCCCN)C(=O)N[C@@H](CC(N)=O)C(=O)N[C@@H](CCC(N)=O)C(=O)N[C@@H](Cc1c[nH]c2ccccc12)C(=O)N[C@@H](Cc1cnc[nH]1)C(=O)N[C@@H](CS)C(=O)N[C@@H](CC(N)=O)C(=O)N[C@H](C(=O)N[C@@H](CC(C)C)C(=O)O)C(C)C)C(C)C. The van der Waals surface area contributed by atoms with Gasteiger partial charge in [-0.15, -0.1) is 0 Å². The molecule has 0 aliphatic heterocycles. The number of aliphatic carboxylic acids is 3. The monoisotopic (exact) mass is 1980 g/mol. The van der Waals surface area contributed by atoms with Gasteiger partial charge >= 0.3 is 17.9 Å². The van der Waals surface area contributed by atoms with Crippen molar-refractivity contribution in [3.05, 3.63) is 90.3 Å². The lowest BCUT2D eigenvalue weighted by atomic mass is 9.95. The second kappa shape index (κ2) is 56.8. The topological polar surface area (TPSA) is 790 Å². The Bertz CT molecular complexity index is 5150. The van der Waals surface area contributed by atoms with Gasteiger partial charge in [0.1, 0.15) is 90.6 Å². The number of thiol groups is 2. The number of aromatic nitrogens is 4. The Hall–Kier alpha value is -13.8. The Morgan fingerprint density at radius 1 is 0.374 bits per heavy atom. The minimum Gasteiger partial charge on any atom is -0.481 e. The summed E-state index contributed by atoms with van der Waals surface area (Å²) in [5.74, 6) is -27.8. The van der Waals surface area contributed by atoms with Gasteiger partial charge in [-0.3, -0.25) is 95.9 Å².